The van der Waals surface area contributed by atoms with Gasteiger partial charge in [0.25, 0.3) is 0 Å². The van der Waals surface area contributed by atoms with E-state index in [1.807, 2.05) is 11.8 Å². The van der Waals surface area contributed by atoms with Gasteiger partial charge in [0.05, 0.1) is 29.3 Å². The number of aliphatic carboxylic acids is 1. The zero-order chi connectivity index (χ0) is 33.6. The van der Waals surface area contributed by atoms with Crippen LogP contribution in [-0.4, -0.2) is 100 Å². The second-order valence-electron chi connectivity index (χ2n) is 12.7. The average Bonchev–Trinajstić information content (AvgIpc) is 3.21. The number of aliphatic imine (C=N–C) groups is 1. The van der Waals surface area contributed by atoms with E-state index < -0.39 is 46.4 Å². The summed E-state index contributed by atoms with van der Waals surface area (Å²) in [5, 5.41) is 12.7. The summed E-state index contributed by atoms with van der Waals surface area (Å²) in [5.41, 5.74) is -1.10. The Bertz CT molecular complexity index is 1650. The van der Waals surface area contributed by atoms with E-state index in [-0.39, 0.29) is 48.4 Å². The second kappa shape index (κ2) is 12.4. The minimum atomic E-state index is -1.14. The molecule has 2 N–H and O–H groups in total. The number of carbonyl (C=O) groups is 3. The third-order valence-electron chi connectivity index (χ3n) is 8.69. The molecule has 1 aromatic carbocycles. The van der Waals surface area contributed by atoms with E-state index in [1.54, 1.807) is 43.6 Å². The zero-order valence-corrected chi connectivity index (χ0v) is 26.4. The SMILES string of the molecule is CCOC(=O)C1=C(CN2CCN3C(=O)N(CC(C)(C)C(=O)O)CC3(C)C2)NC(c2ncc(F)cc2F)=NC1c1cccc(F)c1C. The van der Waals surface area contributed by atoms with E-state index in [0.29, 0.717) is 43.5 Å². The van der Waals surface area contributed by atoms with Gasteiger partial charge < -0.3 is 25.0 Å². The number of esters is 1. The topological polar surface area (TPSA) is 128 Å². The molecule has 5 rings (SSSR count). The number of carboxylic acid groups (broad SMARTS) is 1. The first-order valence-electron chi connectivity index (χ1n) is 15.0. The number of benzene rings is 1. The van der Waals surface area contributed by atoms with E-state index in [9.17, 15) is 28.3 Å². The molecule has 2 amide bonds. The standard InChI is InChI=1S/C32H37F3N6O5/c1-6-46-28(42)24-23(14-39-10-11-41-30(45)40(17-32(41,5)16-39)15-31(3,4)29(43)44)37-27(26-22(35)12-19(33)13-36-26)38-25(24)20-8-7-9-21(34)18(20)2/h7-9,12-13,25H,6,10-11,14-17H2,1-5H3,(H,37,38)(H,43,44). The molecule has 46 heavy (non-hydrogen) atoms. The van der Waals surface area contributed by atoms with Crippen LogP contribution in [0.15, 0.2) is 46.7 Å². The number of carboxylic acids is 1. The van der Waals surface area contributed by atoms with E-state index in [1.165, 1.54) is 12.1 Å². The fraction of sp³-hybridized carbons (Fsp3) is 0.469. The van der Waals surface area contributed by atoms with Crippen LogP contribution in [0.5, 0.6) is 0 Å². The second-order valence-corrected chi connectivity index (χ2v) is 12.7. The quantitative estimate of drug-likeness (QED) is 0.397. The number of nitrogens with zero attached hydrogens (tertiary/aromatic N) is 5. The molecule has 0 radical (unpaired) electrons. The summed E-state index contributed by atoms with van der Waals surface area (Å²) in [6.45, 7) is 9.86. The van der Waals surface area contributed by atoms with Crippen LogP contribution < -0.4 is 5.32 Å². The van der Waals surface area contributed by atoms with Crippen molar-refractivity contribution < 1.29 is 37.4 Å². The molecule has 2 fully saturated rings. The lowest BCUT2D eigenvalue weighted by Crippen LogP contribution is -2.60. The van der Waals surface area contributed by atoms with Crippen molar-refractivity contribution in [3.63, 3.8) is 0 Å². The zero-order valence-electron chi connectivity index (χ0n) is 26.4. The van der Waals surface area contributed by atoms with Crippen molar-refractivity contribution in [2.45, 2.75) is 46.2 Å². The third kappa shape index (κ3) is 6.17. The molecule has 0 spiro atoms. The normalized spacial score (nSPS) is 22.0. The van der Waals surface area contributed by atoms with Crippen LogP contribution in [0.25, 0.3) is 0 Å². The van der Waals surface area contributed by atoms with Crippen LogP contribution in [0.1, 0.15) is 50.6 Å². The Labute approximate surface area is 264 Å². The first-order valence-corrected chi connectivity index (χ1v) is 15.0. The number of pyridine rings is 1. The fourth-order valence-electron chi connectivity index (χ4n) is 6.32. The van der Waals surface area contributed by atoms with Crippen LogP contribution in [0.4, 0.5) is 18.0 Å². The van der Waals surface area contributed by atoms with Crippen molar-refractivity contribution in [1.29, 1.82) is 0 Å². The molecule has 0 aliphatic carbocycles. The van der Waals surface area contributed by atoms with Crippen molar-refractivity contribution in [3.05, 3.63) is 76.0 Å². The van der Waals surface area contributed by atoms with Gasteiger partial charge in [0.2, 0.25) is 0 Å². The Morgan fingerprint density at radius 3 is 2.59 bits per heavy atom. The van der Waals surface area contributed by atoms with Gasteiger partial charge in [-0.3, -0.25) is 14.7 Å². The average molecular weight is 643 g/mol. The molecule has 2 aromatic rings. The number of hydrogen-bond acceptors (Lipinski definition) is 8. The van der Waals surface area contributed by atoms with Gasteiger partial charge in [-0.1, -0.05) is 12.1 Å². The number of halogens is 3. The Hall–Kier alpha value is -4.46. The molecule has 2 unspecified atom stereocenters. The number of aromatic nitrogens is 1. The van der Waals surface area contributed by atoms with E-state index in [2.05, 4.69) is 15.3 Å². The van der Waals surface area contributed by atoms with Crippen LogP contribution in [0.3, 0.4) is 0 Å². The highest BCUT2D eigenvalue weighted by Gasteiger charge is 2.51. The molecule has 2 saturated heterocycles. The third-order valence-corrected chi connectivity index (χ3v) is 8.69. The predicted molar refractivity (Wildman–Crippen MR) is 161 cm³/mol. The molecular formula is C32H37F3N6O5. The number of fused-ring (bicyclic) bond motifs is 1. The van der Waals surface area contributed by atoms with Gasteiger partial charge in [-0.2, -0.15) is 0 Å². The van der Waals surface area contributed by atoms with Gasteiger partial charge in [0.1, 0.15) is 23.4 Å². The summed E-state index contributed by atoms with van der Waals surface area (Å²) in [7, 11) is 0. The highest BCUT2D eigenvalue weighted by Crippen LogP contribution is 2.37. The van der Waals surface area contributed by atoms with Crippen molar-refractivity contribution in [2.24, 2.45) is 10.4 Å². The first-order chi connectivity index (χ1) is 21.6. The molecular weight excluding hydrogens is 605 g/mol. The number of nitrogens with one attached hydrogen (secondary N) is 1. The summed E-state index contributed by atoms with van der Waals surface area (Å²) in [6.07, 6.45) is 0.851. The molecule has 246 valence electrons. The molecule has 11 nitrogen and oxygen atoms in total. The molecule has 2 atom stereocenters. The molecule has 4 heterocycles. The van der Waals surface area contributed by atoms with Crippen molar-refractivity contribution >= 4 is 23.8 Å². The van der Waals surface area contributed by atoms with E-state index in [4.69, 9.17) is 4.74 Å². The molecule has 3 aliphatic heterocycles. The minimum Gasteiger partial charge on any atom is -0.481 e. The maximum absolute atomic E-state index is 15.0. The smallest absolute Gasteiger partial charge is 0.338 e. The molecule has 1 aromatic heterocycles. The van der Waals surface area contributed by atoms with Crippen LogP contribution in [0, 0.1) is 29.8 Å². The van der Waals surface area contributed by atoms with Crippen molar-refractivity contribution in [1.82, 2.24) is 25.0 Å². The number of urea groups is 1. The summed E-state index contributed by atoms with van der Waals surface area (Å²) in [5.74, 6) is -4.15. The van der Waals surface area contributed by atoms with Gasteiger partial charge in [0.15, 0.2) is 11.7 Å². The Morgan fingerprint density at radius 1 is 1.17 bits per heavy atom. The molecule has 0 saturated carbocycles. The number of amidine groups is 1. The Kier molecular flexibility index (Phi) is 8.86. The number of rotatable bonds is 9. The summed E-state index contributed by atoms with van der Waals surface area (Å²) in [6, 6.07) is 3.72. The highest BCUT2D eigenvalue weighted by molar-refractivity contribution is 6.03. The number of ether oxygens (including phenoxy) is 1. The van der Waals surface area contributed by atoms with Gasteiger partial charge in [-0.25, -0.2) is 27.7 Å². The highest BCUT2D eigenvalue weighted by atomic mass is 19.1. The number of hydrogen-bond donors (Lipinski definition) is 2. The largest absolute Gasteiger partial charge is 0.481 e. The summed E-state index contributed by atoms with van der Waals surface area (Å²) >= 11 is 0. The monoisotopic (exact) mass is 642 g/mol. The maximum atomic E-state index is 15.0. The van der Waals surface area contributed by atoms with Crippen LogP contribution >= 0.6 is 0 Å². The fourth-order valence-corrected chi connectivity index (χ4v) is 6.32. The maximum Gasteiger partial charge on any atom is 0.338 e. The van der Waals surface area contributed by atoms with Crippen molar-refractivity contribution in [3.8, 4) is 0 Å². The molecule has 14 heteroatoms. The minimum absolute atomic E-state index is 0.0394. The molecule has 0 bridgehead atoms. The number of carbonyl (C=O) groups excluding carboxylic acids is 2. The van der Waals surface area contributed by atoms with Gasteiger partial charge in [0, 0.05) is 51.0 Å². The van der Waals surface area contributed by atoms with Crippen LogP contribution in [-0.2, 0) is 14.3 Å². The molecule has 3 aliphatic rings. The lowest BCUT2D eigenvalue weighted by atomic mass is 9.91. The van der Waals surface area contributed by atoms with Gasteiger partial charge >= 0.3 is 18.0 Å². The van der Waals surface area contributed by atoms with E-state index in [0.717, 1.165) is 6.20 Å². The van der Waals surface area contributed by atoms with Gasteiger partial charge in [-0.05, 0) is 51.8 Å². The summed E-state index contributed by atoms with van der Waals surface area (Å²) < 4.78 is 49.0. The Morgan fingerprint density at radius 2 is 1.91 bits per heavy atom. The van der Waals surface area contributed by atoms with Crippen LogP contribution in [0.2, 0.25) is 0 Å². The summed E-state index contributed by atoms with van der Waals surface area (Å²) in [4.78, 5) is 52.5. The number of piperazine rings is 1. The van der Waals surface area contributed by atoms with Gasteiger partial charge in [-0.15, -0.1) is 0 Å². The van der Waals surface area contributed by atoms with E-state index >= 15 is 4.39 Å². The first kappa shape index (κ1) is 32.9. The van der Waals surface area contributed by atoms with Crippen molar-refractivity contribution in [2.75, 3.05) is 45.9 Å². The lowest BCUT2D eigenvalue weighted by molar-refractivity contribution is -0.147. The Balaban J connectivity index is 1.53. The lowest BCUT2D eigenvalue weighted by Gasteiger charge is -2.44. The predicted octanol–water partition coefficient (Wildman–Crippen LogP) is 3.64. The number of amides is 2.